The summed E-state index contributed by atoms with van der Waals surface area (Å²) >= 11 is 1.88. The van der Waals surface area contributed by atoms with Crippen LogP contribution in [0.3, 0.4) is 0 Å². The van der Waals surface area contributed by atoms with Gasteiger partial charge in [0.2, 0.25) is 0 Å². The van der Waals surface area contributed by atoms with Crippen LogP contribution < -0.4 is 0 Å². The molecule has 0 radical (unpaired) electrons. The molecule has 9 rings (SSSR count). The van der Waals surface area contributed by atoms with Gasteiger partial charge in [-0.15, -0.1) is 11.3 Å². The second kappa shape index (κ2) is 8.22. The van der Waals surface area contributed by atoms with E-state index in [-0.39, 0.29) is 0 Å². The minimum absolute atomic E-state index is 0.868. The summed E-state index contributed by atoms with van der Waals surface area (Å²) in [4.78, 5) is 9.80. The Morgan fingerprint density at radius 2 is 1.25 bits per heavy atom. The minimum Gasteiger partial charge on any atom is -0.306 e. The normalized spacial score (nSPS) is 12.0. The second-order valence-electron chi connectivity index (χ2n) is 10.2. The fourth-order valence-corrected chi connectivity index (χ4v) is 7.53. The molecule has 0 unspecified atom stereocenters. The van der Waals surface area contributed by atoms with E-state index in [1.165, 1.54) is 52.8 Å². The van der Waals surface area contributed by atoms with E-state index in [9.17, 15) is 0 Å². The topological polar surface area (TPSA) is 30.7 Å². The highest BCUT2D eigenvalue weighted by Gasteiger charge is 2.21. The summed E-state index contributed by atoms with van der Waals surface area (Å²) in [5.41, 5.74) is 6.20. The van der Waals surface area contributed by atoms with Crippen molar-refractivity contribution in [1.29, 1.82) is 0 Å². The van der Waals surface area contributed by atoms with Crippen molar-refractivity contribution in [2.45, 2.75) is 0 Å². The van der Waals surface area contributed by atoms with Crippen molar-refractivity contribution in [3.63, 3.8) is 0 Å². The standard InChI is InChI=1S/C36H21N3S/c1-6-14-28-22(9-1)17-19-30(38-28)29-20-18-23(21-37-29)39-31-15-7-4-12-26(31)33-24-10-2-3-11-25(24)34-27-13-5-8-16-32(27)40-36(34)35(33)39/h1-21H. The van der Waals surface area contributed by atoms with Crippen LogP contribution in [0.4, 0.5) is 0 Å². The number of aromatic nitrogens is 3. The second-order valence-corrected chi connectivity index (χ2v) is 11.3. The highest BCUT2D eigenvalue weighted by Crippen LogP contribution is 2.47. The summed E-state index contributed by atoms with van der Waals surface area (Å²) in [6, 6.07) is 43.0. The molecule has 0 bridgehead atoms. The molecule has 3 nitrogen and oxygen atoms in total. The molecule has 0 aliphatic carbocycles. The SMILES string of the molecule is c1ccc2nc(-c3ccc(-n4c5ccccc5c5c6ccccc6c6c7ccccc7sc6c54)cn3)ccc2c1. The van der Waals surface area contributed by atoms with Crippen LogP contribution in [0.15, 0.2) is 128 Å². The maximum absolute atomic E-state index is 4.93. The molecule has 40 heavy (non-hydrogen) atoms. The number of pyridine rings is 2. The van der Waals surface area contributed by atoms with E-state index >= 15 is 0 Å². The predicted molar refractivity (Wildman–Crippen MR) is 170 cm³/mol. The summed E-state index contributed by atoms with van der Waals surface area (Å²) in [5.74, 6) is 0. The Morgan fingerprint density at radius 3 is 2.10 bits per heavy atom. The van der Waals surface area contributed by atoms with Crippen molar-refractivity contribution in [3.05, 3.63) is 128 Å². The summed E-state index contributed by atoms with van der Waals surface area (Å²) in [7, 11) is 0. The average molecular weight is 528 g/mol. The lowest BCUT2D eigenvalue weighted by molar-refractivity contribution is 1.14. The molecule has 4 heterocycles. The molecule has 0 atom stereocenters. The van der Waals surface area contributed by atoms with Crippen LogP contribution in [-0.4, -0.2) is 14.5 Å². The Labute approximate surface area is 233 Å². The third-order valence-electron chi connectivity index (χ3n) is 8.02. The maximum atomic E-state index is 4.93. The molecule has 9 aromatic rings. The van der Waals surface area contributed by atoms with Gasteiger partial charge in [0.15, 0.2) is 0 Å². The quantitative estimate of drug-likeness (QED) is 0.224. The highest BCUT2D eigenvalue weighted by atomic mass is 32.1. The molecular formula is C36H21N3S. The number of para-hydroxylation sites is 2. The first-order valence-corrected chi connectivity index (χ1v) is 14.2. The Kier molecular flexibility index (Phi) is 4.48. The number of rotatable bonds is 2. The Bertz CT molecular complexity index is 2430. The molecule has 0 fully saturated rings. The van der Waals surface area contributed by atoms with E-state index in [1.807, 2.05) is 35.7 Å². The number of fused-ring (bicyclic) bond motifs is 11. The van der Waals surface area contributed by atoms with Crippen LogP contribution in [0.25, 0.3) is 80.7 Å². The largest absolute Gasteiger partial charge is 0.306 e. The zero-order valence-corrected chi connectivity index (χ0v) is 22.2. The highest BCUT2D eigenvalue weighted by molar-refractivity contribution is 7.27. The van der Waals surface area contributed by atoms with Gasteiger partial charge >= 0.3 is 0 Å². The van der Waals surface area contributed by atoms with Crippen LogP contribution in [0.1, 0.15) is 0 Å². The molecule has 4 aromatic heterocycles. The molecular weight excluding hydrogens is 506 g/mol. The van der Waals surface area contributed by atoms with E-state index in [4.69, 9.17) is 9.97 Å². The van der Waals surface area contributed by atoms with Crippen molar-refractivity contribution in [3.8, 4) is 17.1 Å². The zero-order valence-electron chi connectivity index (χ0n) is 21.4. The van der Waals surface area contributed by atoms with E-state index in [1.54, 1.807) is 0 Å². The predicted octanol–water partition coefficient (Wildman–Crippen LogP) is 9.91. The summed E-state index contributed by atoms with van der Waals surface area (Å²) in [5, 5.41) is 8.92. The van der Waals surface area contributed by atoms with Gasteiger partial charge in [-0.1, -0.05) is 84.9 Å². The van der Waals surface area contributed by atoms with Gasteiger partial charge in [0.1, 0.15) is 0 Å². The van der Waals surface area contributed by atoms with Gasteiger partial charge in [-0.3, -0.25) is 4.98 Å². The van der Waals surface area contributed by atoms with Crippen molar-refractivity contribution >= 4 is 75.0 Å². The lowest BCUT2D eigenvalue weighted by atomic mass is 9.99. The van der Waals surface area contributed by atoms with Crippen molar-refractivity contribution < 1.29 is 0 Å². The van der Waals surface area contributed by atoms with Gasteiger partial charge in [-0.2, -0.15) is 0 Å². The van der Waals surface area contributed by atoms with Gasteiger partial charge in [-0.05, 0) is 47.2 Å². The molecule has 5 aromatic carbocycles. The smallest absolute Gasteiger partial charge is 0.0893 e. The fourth-order valence-electron chi connectivity index (χ4n) is 6.27. The lowest BCUT2D eigenvalue weighted by Crippen LogP contribution is -1.96. The molecule has 0 saturated carbocycles. The first kappa shape index (κ1) is 21.8. The number of nitrogens with zero attached hydrogens (tertiary/aromatic N) is 3. The van der Waals surface area contributed by atoms with E-state index in [2.05, 4.69) is 108 Å². The summed E-state index contributed by atoms with van der Waals surface area (Å²) in [6.45, 7) is 0. The summed E-state index contributed by atoms with van der Waals surface area (Å²) < 4.78 is 5.02. The van der Waals surface area contributed by atoms with Crippen molar-refractivity contribution in [2.24, 2.45) is 0 Å². The van der Waals surface area contributed by atoms with Gasteiger partial charge in [0, 0.05) is 31.6 Å². The third-order valence-corrected chi connectivity index (χ3v) is 9.20. The van der Waals surface area contributed by atoms with Crippen LogP contribution >= 0.6 is 11.3 Å². The number of thiophene rings is 1. The number of hydrogen-bond acceptors (Lipinski definition) is 3. The van der Waals surface area contributed by atoms with Gasteiger partial charge in [0.05, 0.1) is 44.5 Å². The van der Waals surface area contributed by atoms with Crippen molar-refractivity contribution in [1.82, 2.24) is 14.5 Å². The monoisotopic (exact) mass is 527 g/mol. The fraction of sp³-hybridized carbons (Fsp3) is 0. The molecule has 0 amide bonds. The molecule has 0 aliphatic rings. The Balaban J connectivity index is 1.37. The van der Waals surface area contributed by atoms with Crippen LogP contribution in [0.5, 0.6) is 0 Å². The molecule has 186 valence electrons. The maximum Gasteiger partial charge on any atom is 0.0893 e. The first-order chi connectivity index (χ1) is 19.8. The summed E-state index contributed by atoms with van der Waals surface area (Å²) in [6.07, 6.45) is 1.99. The Morgan fingerprint density at radius 1 is 0.550 bits per heavy atom. The Hall–Kier alpha value is -5.06. The van der Waals surface area contributed by atoms with E-state index in [0.29, 0.717) is 0 Å². The zero-order chi connectivity index (χ0) is 26.2. The first-order valence-electron chi connectivity index (χ1n) is 13.4. The molecule has 4 heteroatoms. The van der Waals surface area contributed by atoms with E-state index < -0.39 is 0 Å². The molecule has 0 saturated heterocycles. The minimum atomic E-state index is 0.868. The van der Waals surface area contributed by atoms with Gasteiger partial charge in [0.25, 0.3) is 0 Å². The molecule has 0 N–H and O–H groups in total. The average Bonchev–Trinajstić information content (AvgIpc) is 3.58. The molecule has 0 aliphatic heterocycles. The van der Waals surface area contributed by atoms with Crippen molar-refractivity contribution in [2.75, 3.05) is 0 Å². The van der Waals surface area contributed by atoms with E-state index in [0.717, 1.165) is 28.0 Å². The number of benzene rings is 5. The van der Waals surface area contributed by atoms with Gasteiger partial charge < -0.3 is 4.57 Å². The van der Waals surface area contributed by atoms with Crippen LogP contribution in [-0.2, 0) is 0 Å². The third kappa shape index (κ3) is 2.99. The van der Waals surface area contributed by atoms with Crippen LogP contribution in [0, 0.1) is 0 Å². The lowest BCUT2D eigenvalue weighted by Gasteiger charge is -2.11. The molecule has 0 spiro atoms. The van der Waals surface area contributed by atoms with Gasteiger partial charge in [-0.25, -0.2) is 4.98 Å². The number of hydrogen-bond donors (Lipinski definition) is 0. The van der Waals surface area contributed by atoms with Crippen LogP contribution in [0.2, 0.25) is 0 Å².